The molecule has 2 amide bonds. The maximum absolute atomic E-state index is 13.6. The zero-order valence-electron chi connectivity index (χ0n) is 16.0. The molecule has 0 heterocycles. The molecule has 0 bridgehead atoms. The molecule has 0 saturated carbocycles. The molecule has 0 aliphatic carbocycles. The van der Waals surface area contributed by atoms with Crippen molar-refractivity contribution in [2.24, 2.45) is 5.41 Å². The second-order valence-corrected chi connectivity index (χ2v) is 6.71. The molecule has 2 rings (SSSR count). The van der Waals surface area contributed by atoms with E-state index in [9.17, 15) is 18.8 Å². The van der Waals surface area contributed by atoms with E-state index in [0.717, 1.165) is 0 Å². The highest BCUT2D eigenvalue weighted by Crippen LogP contribution is 2.22. The molecule has 0 saturated heterocycles. The molecule has 0 aliphatic rings. The Morgan fingerprint density at radius 2 is 1.64 bits per heavy atom. The van der Waals surface area contributed by atoms with Crippen molar-refractivity contribution < 1.29 is 23.5 Å². The van der Waals surface area contributed by atoms with Crippen molar-refractivity contribution >= 4 is 23.5 Å². The van der Waals surface area contributed by atoms with Crippen LogP contribution in [-0.4, -0.2) is 31.4 Å². The van der Waals surface area contributed by atoms with Gasteiger partial charge in [0, 0.05) is 6.54 Å². The Morgan fingerprint density at radius 1 is 1.00 bits per heavy atom. The molecule has 28 heavy (non-hydrogen) atoms. The van der Waals surface area contributed by atoms with Crippen LogP contribution in [0.5, 0.6) is 0 Å². The van der Waals surface area contributed by atoms with Gasteiger partial charge in [-0.1, -0.05) is 30.3 Å². The van der Waals surface area contributed by atoms with E-state index >= 15 is 0 Å². The molecule has 6 nitrogen and oxygen atoms in total. The zero-order valence-corrected chi connectivity index (χ0v) is 16.0. The first-order chi connectivity index (χ1) is 13.3. The summed E-state index contributed by atoms with van der Waals surface area (Å²) in [6.45, 7) is 3.14. The van der Waals surface area contributed by atoms with E-state index in [1.807, 2.05) is 0 Å². The number of ether oxygens (including phenoxy) is 1. The number of rotatable bonds is 7. The summed E-state index contributed by atoms with van der Waals surface area (Å²) >= 11 is 0. The van der Waals surface area contributed by atoms with E-state index in [0.29, 0.717) is 12.0 Å². The van der Waals surface area contributed by atoms with E-state index in [-0.39, 0.29) is 23.6 Å². The lowest BCUT2D eigenvalue weighted by atomic mass is 9.90. The number of methoxy groups -OCH3 is 1. The molecule has 0 aromatic heterocycles. The van der Waals surface area contributed by atoms with Crippen molar-refractivity contribution in [2.75, 3.05) is 19.0 Å². The Morgan fingerprint density at radius 3 is 2.32 bits per heavy atom. The summed E-state index contributed by atoms with van der Waals surface area (Å²) in [5.74, 6) is -2.01. The number of para-hydroxylation sites is 1. The Hall–Kier alpha value is -3.22. The van der Waals surface area contributed by atoms with Gasteiger partial charge in [-0.15, -0.1) is 0 Å². The van der Waals surface area contributed by atoms with Gasteiger partial charge in [-0.2, -0.15) is 0 Å². The molecular formula is C21H23FN2O4. The first-order valence-corrected chi connectivity index (χ1v) is 8.78. The molecule has 0 aliphatic heterocycles. The quantitative estimate of drug-likeness (QED) is 0.566. The fourth-order valence-corrected chi connectivity index (χ4v) is 2.49. The van der Waals surface area contributed by atoms with Crippen LogP contribution >= 0.6 is 0 Å². The molecule has 0 fully saturated rings. The SMILES string of the molecule is COC(=O)c1ccccc1NC(=O)C(C)(C)C(=O)NCCc1ccccc1F. The number of nitrogens with one attached hydrogen (secondary N) is 2. The maximum Gasteiger partial charge on any atom is 0.339 e. The average molecular weight is 386 g/mol. The van der Waals surface area contributed by atoms with Crippen molar-refractivity contribution in [3.63, 3.8) is 0 Å². The molecule has 0 radical (unpaired) electrons. The standard InChI is InChI=1S/C21H23FN2O4/c1-21(2,19(26)23-13-12-14-8-4-6-10-16(14)22)20(27)24-17-11-7-5-9-15(17)18(25)28-3/h4-11H,12-13H2,1-3H3,(H,23,26)(H,24,27). The van der Waals surface area contributed by atoms with Crippen LogP contribution in [0, 0.1) is 11.2 Å². The number of amides is 2. The largest absolute Gasteiger partial charge is 0.465 e. The third-order valence-corrected chi connectivity index (χ3v) is 4.35. The second-order valence-electron chi connectivity index (χ2n) is 6.71. The monoisotopic (exact) mass is 386 g/mol. The first-order valence-electron chi connectivity index (χ1n) is 8.78. The van der Waals surface area contributed by atoms with Crippen LogP contribution in [0.25, 0.3) is 0 Å². The number of carbonyl (C=O) groups excluding carboxylic acids is 3. The number of hydrogen-bond acceptors (Lipinski definition) is 4. The van der Waals surface area contributed by atoms with Crippen LogP contribution in [0.3, 0.4) is 0 Å². The summed E-state index contributed by atoms with van der Waals surface area (Å²) < 4.78 is 18.3. The minimum atomic E-state index is -1.40. The van der Waals surface area contributed by atoms with E-state index in [4.69, 9.17) is 4.74 Å². The number of halogens is 1. The molecule has 148 valence electrons. The highest BCUT2D eigenvalue weighted by molar-refractivity contribution is 6.11. The minimum absolute atomic E-state index is 0.189. The molecule has 2 aromatic carbocycles. The van der Waals surface area contributed by atoms with Gasteiger partial charge in [0.05, 0.1) is 18.4 Å². The Bertz CT molecular complexity index is 880. The van der Waals surface area contributed by atoms with Gasteiger partial charge in [-0.3, -0.25) is 9.59 Å². The topological polar surface area (TPSA) is 84.5 Å². The van der Waals surface area contributed by atoms with Gasteiger partial charge in [0.25, 0.3) is 0 Å². The minimum Gasteiger partial charge on any atom is -0.465 e. The second kappa shape index (κ2) is 9.12. The van der Waals surface area contributed by atoms with E-state index < -0.39 is 23.2 Å². The summed E-state index contributed by atoms with van der Waals surface area (Å²) in [7, 11) is 1.24. The van der Waals surface area contributed by atoms with Crippen LogP contribution in [0.15, 0.2) is 48.5 Å². The predicted molar refractivity (Wildman–Crippen MR) is 103 cm³/mol. The third-order valence-electron chi connectivity index (χ3n) is 4.35. The summed E-state index contributed by atoms with van der Waals surface area (Å²) in [6.07, 6.45) is 0.307. The predicted octanol–water partition coefficient (Wildman–Crippen LogP) is 2.94. The summed E-state index contributed by atoms with van der Waals surface area (Å²) in [5, 5.41) is 5.26. The number of hydrogen-bond donors (Lipinski definition) is 2. The molecule has 7 heteroatoms. The normalized spacial score (nSPS) is 10.9. The van der Waals surface area contributed by atoms with Crippen LogP contribution in [0.4, 0.5) is 10.1 Å². The van der Waals surface area contributed by atoms with Gasteiger partial charge in [-0.25, -0.2) is 9.18 Å². The van der Waals surface area contributed by atoms with Crippen LogP contribution < -0.4 is 10.6 Å². The summed E-state index contributed by atoms with van der Waals surface area (Å²) in [6, 6.07) is 12.7. The maximum atomic E-state index is 13.6. The molecule has 0 spiro atoms. The summed E-state index contributed by atoms with van der Waals surface area (Å²) in [5.41, 5.74) is -0.476. The van der Waals surface area contributed by atoms with Gasteiger partial charge in [0.15, 0.2) is 0 Å². The number of esters is 1. The van der Waals surface area contributed by atoms with Gasteiger partial charge < -0.3 is 15.4 Å². The highest BCUT2D eigenvalue weighted by Gasteiger charge is 2.36. The van der Waals surface area contributed by atoms with Crippen molar-refractivity contribution in [1.29, 1.82) is 0 Å². The van der Waals surface area contributed by atoms with Gasteiger partial charge in [0.1, 0.15) is 11.2 Å². The zero-order chi connectivity index (χ0) is 20.7. The van der Waals surface area contributed by atoms with Crippen molar-refractivity contribution in [3.8, 4) is 0 Å². The van der Waals surface area contributed by atoms with Gasteiger partial charge in [0.2, 0.25) is 11.8 Å². The molecule has 0 unspecified atom stereocenters. The van der Waals surface area contributed by atoms with Crippen molar-refractivity contribution in [3.05, 3.63) is 65.5 Å². The van der Waals surface area contributed by atoms with Gasteiger partial charge >= 0.3 is 5.97 Å². The van der Waals surface area contributed by atoms with Crippen LogP contribution in [0.2, 0.25) is 0 Å². The van der Waals surface area contributed by atoms with Crippen LogP contribution in [-0.2, 0) is 20.7 Å². The first kappa shape index (κ1) is 21.1. The number of carbonyl (C=O) groups is 3. The smallest absolute Gasteiger partial charge is 0.339 e. The Kier molecular flexibility index (Phi) is 6.87. The summed E-state index contributed by atoms with van der Waals surface area (Å²) in [4.78, 5) is 37.0. The highest BCUT2D eigenvalue weighted by atomic mass is 19.1. The van der Waals surface area contributed by atoms with Gasteiger partial charge in [-0.05, 0) is 44.0 Å². The Balaban J connectivity index is 2.01. The van der Waals surface area contributed by atoms with Crippen molar-refractivity contribution in [1.82, 2.24) is 5.32 Å². The molecule has 2 N–H and O–H groups in total. The molecular weight excluding hydrogens is 363 g/mol. The van der Waals surface area contributed by atoms with E-state index in [2.05, 4.69) is 10.6 Å². The van der Waals surface area contributed by atoms with E-state index in [1.54, 1.807) is 36.4 Å². The Labute approximate surface area is 163 Å². The fraction of sp³-hybridized carbons (Fsp3) is 0.286. The fourth-order valence-electron chi connectivity index (χ4n) is 2.49. The van der Waals surface area contributed by atoms with E-state index in [1.165, 1.54) is 33.1 Å². The molecule has 0 atom stereocenters. The lowest BCUT2D eigenvalue weighted by molar-refractivity contribution is -0.138. The lowest BCUT2D eigenvalue weighted by Gasteiger charge is -2.23. The average Bonchev–Trinajstić information content (AvgIpc) is 2.69. The van der Waals surface area contributed by atoms with Crippen LogP contribution in [0.1, 0.15) is 29.8 Å². The third kappa shape index (κ3) is 4.94. The lowest BCUT2D eigenvalue weighted by Crippen LogP contribution is -2.45. The number of anilines is 1. The van der Waals surface area contributed by atoms with Crippen molar-refractivity contribution in [2.45, 2.75) is 20.3 Å². The number of benzene rings is 2. The molecule has 2 aromatic rings.